The average molecular weight is 384 g/mol. The van der Waals surface area contributed by atoms with Gasteiger partial charge in [0, 0.05) is 44.2 Å². The number of anilines is 2. The van der Waals surface area contributed by atoms with Crippen molar-refractivity contribution in [1.29, 1.82) is 0 Å². The van der Waals surface area contributed by atoms with Gasteiger partial charge in [-0.25, -0.2) is 9.97 Å². The van der Waals surface area contributed by atoms with Crippen molar-refractivity contribution >= 4 is 17.5 Å². The molecular weight excluding hydrogens is 356 g/mol. The van der Waals surface area contributed by atoms with Gasteiger partial charge in [0.1, 0.15) is 23.2 Å². The third kappa shape index (κ3) is 4.26. The molecule has 0 spiro atoms. The summed E-state index contributed by atoms with van der Waals surface area (Å²) in [7, 11) is 0. The van der Waals surface area contributed by atoms with Crippen LogP contribution in [0.5, 0.6) is 0 Å². The highest BCUT2D eigenvalue weighted by molar-refractivity contribution is 5.93. The highest BCUT2D eigenvalue weighted by atomic mass is 16.5. The molecule has 0 atom stereocenters. The maximum Gasteiger partial charge on any atom is 0.273 e. The molecule has 0 radical (unpaired) electrons. The molecule has 4 rings (SSSR count). The summed E-state index contributed by atoms with van der Waals surface area (Å²) >= 11 is 0. The maximum absolute atomic E-state index is 12.4. The van der Waals surface area contributed by atoms with Gasteiger partial charge in [0.15, 0.2) is 5.69 Å². The summed E-state index contributed by atoms with van der Waals surface area (Å²) in [6.45, 7) is 5.08. The van der Waals surface area contributed by atoms with Gasteiger partial charge < -0.3 is 20.1 Å². The number of rotatable bonds is 6. The van der Waals surface area contributed by atoms with Gasteiger partial charge in [-0.2, -0.15) is 0 Å². The van der Waals surface area contributed by atoms with Crippen LogP contribution in [0.2, 0.25) is 0 Å². The lowest BCUT2D eigenvalue weighted by atomic mass is 9.96. The standard InChI is InChI=1S/C20H28N6O2/c1-14-23-17(13-18(24-14)26-11-5-2-6-12-26)21-9-10-22-20(27)19-15-7-3-4-8-16(15)28-25-19/h13H,2-12H2,1H3,(H,22,27)(H,21,23,24). The molecule has 28 heavy (non-hydrogen) atoms. The number of carbonyl (C=O) groups is 1. The van der Waals surface area contributed by atoms with Crippen LogP contribution in [0.4, 0.5) is 11.6 Å². The Bertz CT molecular complexity index is 828. The number of carbonyl (C=O) groups excluding carboxylic acids is 1. The lowest BCUT2D eigenvalue weighted by Gasteiger charge is -2.28. The third-order valence-corrected chi connectivity index (χ3v) is 5.39. The Morgan fingerprint density at radius 2 is 1.93 bits per heavy atom. The molecule has 2 aromatic rings. The fourth-order valence-corrected chi connectivity index (χ4v) is 3.94. The van der Waals surface area contributed by atoms with Crippen LogP contribution in [0, 0.1) is 6.92 Å². The number of aryl methyl sites for hydroxylation is 2. The molecule has 0 saturated carbocycles. The largest absolute Gasteiger partial charge is 0.368 e. The summed E-state index contributed by atoms with van der Waals surface area (Å²) in [6, 6.07) is 1.99. The first kappa shape index (κ1) is 18.7. The van der Waals surface area contributed by atoms with E-state index in [4.69, 9.17) is 4.52 Å². The second-order valence-electron chi connectivity index (χ2n) is 7.53. The van der Waals surface area contributed by atoms with Crippen molar-refractivity contribution in [2.75, 3.05) is 36.4 Å². The van der Waals surface area contributed by atoms with Crippen LogP contribution in [-0.2, 0) is 12.8 Å². The molecule has 2 aliphatic rings. The van der Waals surface area contributed by atoms with Crippen molar-refractivity contribution in [1.82, 2.24) is 20.4 Å². The SMILES string of the molecule is Cc1nc(NCCNC(=O)c2noc3c2CCCC3)cc(N2CCCCC2)n1. The molecule has 0 aromatic carbocycles. The second-order valence-corrected chi connectivity index (χ2v) is 7.53. The van der Waals surface area contributed by atoms with Crippen LogP contribution in [0.15, 0.2) is 10.6 Å². The summed E-state index contributed by atoms with van der Waals surface area (Å²) in [6.07, 6.45) is 7.66. The van der Waals surface area contributed by atoms with E-state index < -0.39 is 0 Å². The van der Waals surface area contributed by atoms with Gasteiger partial charge in [-0.15, -0.1) is 0 Å². The van der Waals surface area contributed by atoms with E-state index in [-0.39, 0.29) is 5.91 Å². The third-order valence-electron chi connectivity index (χ3n) is 5.39. The van der Waals surface area contributed by atoms with Crippen molar-refractivity contribution in [2.45, 2.75) is 51.9 Å². The normalized spacial score (nSPS) is 16.5. The molecule has 1 fully saturated rings. The Balaban J connectivity index is 1.30. The predicted octanol–water partition coefficient (Wildman–Crippen LogP) is 2.48. The van der Waals surface area contributed by atoms with Crippen molar-refractivity contribution in [3.63, 3.8) is 0 Å². The molecule has 1 saturated heterocycles. The predicted molar refractivity (Wildman–Crippen MR) is 107 cm³/mol. The molecule has 8 heteroatoms. The van der Waals surface area contributed by atoms with Gasteiger partial charge in [-0.3, -0.25) is 4.79 Å². The maximum atomic E-state index is 12.4. The Morgan fingerprint density at radius 3 is 2.79 bits per heavy atom. The first-order chi connectivity index (χ1) is 13.7. The summed E-state index contributed by atoms with van der Waals surface area (Å²) in [5.41, 5.74) is 1.43. The summed E-state index contributed by atoms with van der Waals surface area (Å²) < 4.78 is 5.32. The van der Waals surface area contributed by atoms with Crippen LogP contribution in [0.25, 0.3) is 0 Å². The van der Waals surface area contributed by atoms with E-state index in [1.165, 1.54) is 19.3 Å². The van der Waals surface area contributed by atoms with Crippen molar-refractivity contribution < 1.29 is 9.32 Å². The Morgan fingerprint density at radius 1 is 1.11 bits per heavy atom. The highest BCUT2D eigenvalue weighted by Crippen LogP contribution is 2.24. The smallest absolute Gasteiger partial charge is 0.273 e. The van der Waals surface area contributed by atoms with Gasteiger partial charge in [0.2, 0.25) is 0 Å². The number of nitrogens with zero attached hydrogens (tertiary/aromatic N) is 4. The van der Waals surface area contributed by atoms with Crippen molar-refractivity contribution in [3.8, 4) is 0 Å². The zero-order valence-electron chi connectivity index (χ0n) is 16.5. The van der Waals surface area contributed by atoms with Crippen LogP contribution < -0.4 is 15.5 Å². The number of piperidine rings is 1. The molecule has 0 unspecified atom stereocenters. The molecule has 1 amide bonds. The minimum atomic E-state index is -0.165. The first-order valence-corrected chi connectivity index (χ1v) is 10.3. The molecule has 0 bridgehead atoms. The zero-order valence-corrected chi connectivity index (χ0v) is 16.5. The summed E-state index contributed by atoms with van der Waals surface area (Å²) in [5.74, 6) is 3.23. The van der Waals surface area contributed by atoms with Crippen LogP contribution in [0.1, 0.15) is 59.7 Å². The van der Waals surface area contributed by atoms with Crippen LogP contribution in [0.3, 0.4) is 0 Å². The zero-order chi connectivity index (χ0) is 19.3. The van der Waals surface area contributed by atoms with E-state index in [9.17, 15) is 4.79 Å². The van der Waals surface area contributed by atoms with Crippen molar-refractivity contribution in [2.24, 2.45) is 0 Å². The van der Waals surface area contributed by atoms with E-state index in [1.54, 1.807) is 0 Å². The number of hydrogen-bond donors (Lipinski definition) is 2. The van der Waals surface area contributed by atoms with Gasteiger partial charge in [-0.05, 0) is 45.4 Å². The van der Waals surface area contributed by atoms with E-state index in [1.807, 2.05) is 13.0 Å². The van der Waals surface area contributed by atoms with Gasteiger partial charge in [-0.1, -0.05) is 5.16 Å². The lowest BCUT2D eigenvalue weighted by Crippen LogP contribution is -2.31. The molecule has 2 aromatic heterocycles. The summed E-state index contributed by atoms with van der Waals surface area (Å²) in [5, 5.41) is 10.2. The number of nitrogens with one attached hydrogen (secondary N) is 2. The molecule has 3 heterocycles. The molecule has 1 aliphatic heterocycles. The molecule has 150 valence electrons. The monoisotopic (exact) mass is 384 g/mol. The topological polar surface area (TPSA) is 96.2 Å². The summed E-state index contributed by atoms with van der Waals surface area (Å²) in [4.78, 5) is 23.8. The molecule has 8 nitrogen and oxygen atoms in total. The second kappa shape index (κ2) is 8.58. The molecule has 2 N–H and O–H groups in total. The number of fused-ring (bicyclic) bond motifs is 1. The highest BCUT2D eigenvalue weighted by Gasteiger charge is 2.23. The Hall–Kier alpha value is -2.64. The minimum Gasteiger partial charge on any atom is -0.368 e. The van der Waals surface area contributed by atoms with Gasteiger partial charge in [0.25, 0.3) is 5.91 Å². The first-order valence-electron chi connectivity index (χ1n) is 10.3. The van der Waals surface area contributed by atoms with Gasteiger partial charge >= 0.3 is 0 Å². The van der Waals surface area contributed by atoms with E-state index in [0.717, 1.165) is 67.6 Å². The molecule has 1 aliphatic carbocycles. The number of aromatic nitrogens is 3. The van der Waals surface area contributed by atoms with Gasteiger partial charge in [0.05, 0.1) is 0 Å². The fourth-order valence-electron chi connectivity index (χ4n) is 3.94. The number of hydrogen-bond acceptors (Lipinski definition) is 7. The van der Waals surface area contributed by atoms with Crippen molar-refractivity contribution in [3.05, 3.63) is 28.9 Å². The van der Waals surface area contributed by atoms with Crippen LogP contribution >= 0.6 is 0 Å². The van der Waals surface area contributed by atoms with E-state index in [2.05, 4.69) is 30.7 Å². The quantitative estimate of drug-likeness (QED) is 0.739. The van der Waals surface area contributed by atoms with E-state index in [0.29, 0.717) is 18.8 Å². The molecular formula is C20H28N6O2. The Labute approximate surface area is 165 Å². The van der Waals surface area contributed by atoms with Crippen LogP contribution in [-0.4, -0.2) is 47.2 Å². The number of amides is 1. The average Bonchev–Trinajstić information content (AvgIpc) is 3.16. The lowest BCUT2D eigenvalue weighted by molar-refractivity contribution is 0.0945. The fraction of sp³-hybridized carbons (Fsp3) is 0.600. The Kier molecular flexibility index (Phi) is 5.73. The minimum absolute atomic E-state index is 0.165. The van der Waals surface area contributed by atoms with E-state index >= 15 is 0 Å².